The van der Waals surface area contributed by atoms with E-state index in [-0.39, 0.29) is 11.9 Å². The number of aromatic nitrogens is 1. The Labute approximate surface area is 130 Å². The molecule has 0 radical (unpaired) electrons. The van der Waals surface area contributed by atoms with Gasteiger partial charge in [0.1, 0.15) is 5.82 Å². The van der Waals surface area contributed by atoms with Crippen LogP contribution in [0.25, 0.3) is 10.9 Å². The van der Waals surface area contributed by atoms with Crippen LogP contribution in [0.4, 0.5) is 4.39 Å². The van der Waals surface area contributed by atoms with Gasteiger partial charge in [0.25, 0.3) is 0 Å². The van der Waals surface area contributed by atoms with Gasteiger partial charge in [-0.1, -0.05) is 24.3 Å². The third-order valence-corrected chi connectivity index (χ3v) is 4.25. The topological polar surface area (TPSA) is 38.9 Å². The molecule has 0 spiro atoms. The summed E-state index contributed by atoms with van der Waals surface area (Å²) >= 11 is 2.12. The van der Waals surface area contributed by atoms with E-state index in [1.54, 1.807) is 12.3 Å². The molecule has 1 aromatic heterocycles. The molecule has 0 saturated heterocycles. The zero-order valence-corrected chi connectivity index (χ0v) is 12.7. The Morgan fingerprint density at radius 2 is 1.90 bits per heavy atom. The van der Waals surface area contributed by atoms with Crippen molar-refractivity contribution >= 4 is 33.5 Å². The Kier molecular flexibility index (Phi) is 3.67. The van der Waals surface area contributed by atoms with Gasteiger partial charge >= 0.3 is 0 Å². The number of hydrogen-bond acceptors (Lipinski definition) is 2. The SMILES string of the molecule is NC(c1ccc(F)cc1I)c1cccc2ncccc12. The fourth-order valence-electron chi connectivity index (χ4n) is 2.32. The average molecular weight is 378 g/mol. The second kappa shape index (κ2) is 5.46. The quantitative estimate of drug-likeness (QED) is 0.684. The van der Waals surface area contributed by atoms with Crippen molar-refractivity contribution in [2.75, 3.05) is 0 Å². The molecule has 2 N–H and O–H groups in total. The van der Waals surface area contributed by atoms with E-state index >= 15 is 0 Å². The lowest BCUT2D eigenvalue weighted by Crippen LogP contribution is -2.14. The third-order valence-electron chi connectivity index (χ3n) is 3.31. The van der Waals surface area contributed by atoms with Gasteiger partial charge in [-0.2, -0.15) is 0 Å². The number of benzene rings is 2. The molecule has 3 aromatic rings. The predicted octanol–water partition coefficient (Wildman–Crippen LogP) is 4.03. The highest BCUT2D eigenvalue weighted by Crippen LogP contribution is 2.29. The van der Waals surface area contributed by atoms with Crippen molar-refractivity contribution in [1.29, 1.82) is 0 Å². The van der Waals surface area contributed by atoms with Crippen LogP contribution in [0.3, 0.4) is 0 Å². The van der Waals surface area contributed by atoms with Crippen LogP contribution in [0.2, 0.25) is 0 Å². The van der Waals surface area contributed by atoms with Crippen LogP contribution >= 0.6 is 22.6 Å². The maximum atomic E-state index is 13.2. The Morgan fingerprint density at radius 1 is 1.05 bits per heavy atom. The summed E-state index contributed by atoms with van der Waals surface area (Å²) in [7, 11) is 0. The van der Waals surface area contributed by atoms with Gasteiger partial charge in [0, 0.05) is 15.2 Å². The summed E-state index contributed by atoms with van der Waals surface area (Å²) in [5.41, 5.74) is 9.21. The molecule has 2 nitrogen and oxygen atoms in total. The Balaban J connectivity index is 2.15. The number of nitrogens with zero attached hydrogens (tertiary/aromatic N) is 1. The second-order valence-electron chi connectivity index (χ2n) is 4.56. The highest BCUT2D eigenvalue weighted by Gasteiger charge is 2.15. The van der Waals surface area contributed by atoms with Gasteiger partial charge in [-0.15, -0.1) is 0 Å². The molecular formula is C16H12FIN2. The molecule has 2 aromatic carbocycles. The molecule has 4 heteroatoms. The summed E-state index contributed by atoms with van der Waals surface area (Å²) in [6.07, 6.45) is 1.76. The molecule has 0 aliphatic rings. The van der Waals surface area contributed by atoms with Crippen molar-refractivity contribution in [3.8, 4) is 0 Å². The molecule has 1 unspecified atom stereocenters. The highest BCUT2D eigenvalue weighted by atomic mass is 127. The van der Waals surface area contributed by atoms with Crippen molar-refractivity contribution in [3.05, 3.63) is 75.2 Å². The third kappa shape index (κ3) is 2.41. The monoisotopic (exact) mass is 378 g/mol. The van der Waals surface area contributed by atoms with E-state index in [0.29, 0.717) is 0 Å². The fourth-order valence-corrected chi connectivity index (χ4v) is 3.13. The van der Waals surface area contributed by atoms with Gasteiger partial charge in [-0.25, -0.2) is 4.39 Å². The zero-order valence-electron chi connectivity index (χ0n) is 10.6. The van der Waals surface area contributed by atoms with Gasteiger partial charge in [0.15, 0.2) is 0 Å². The number of pyridine rings is 1. The number of fused-ring (bicyclic) bond motifs is 1. The van der Waals surface area contributed by atoms with E-state index in [4.69, 9.17) is 5.73 Å². The zero-order chi connectivity index (χ0) is 14.1. The number of hydrogen-bond donors (Lipinski definition) is 1. The number of nitrogens with two attached hydrogens (primary N) is 1. The molecule has 1 heterocycles. The molecule has 0 amide bonds. The second-order valence-corrected chi connectivity index (χ2v) is 5.72. The Hall–Kier alpha value is -1.53. The summed E-state index contributed by atoms with van der Waals surface area (Å²) in [6, 6.07) is 14.2. The van der Waals surface area contributed by atoms with E-state index in [2.05, 4.69) is 27.6 Å². The predicted molar refractivity (Wildman–Crippen MR) is 86.9 cm³/mol. The van der Waals surface area contributed by atoms with Crippen LogP contribution in [0, 0.1) is 9.39 Å². The van der Waals surface area contributed by atoms with Gasteiger partial charge in [0.2, 0.25) is 0 Å². The molecule has 0 bridgehead atoms. The minimum Gasteiger partial charge on any atom is -0.320 e. The first kappa shape index (κ1) is 13.5. The summed E-state index contributed by atoms with van der Waals surface area (Å²) in [4.78, 5) is 4.34. The first-order chi connectivity index (χ1) is 9.66. The van der Waals surface area contributed by atoms with E-state index in [1.807, 2.05) is 30.3 Å². The molecule has 0 aliphatic heterocycles. The molecule has 3 rings (SSSR count). The van der Waals surface area contributed by atoms with E-state index < -0.39 is 0 Å². The largest absolute Gasteiger partial charge is 0.320 e. The van der Waals surface area contributed by atoms with Crippen molar-refractivity contribution in [2.24, 2.45) is 5.73 Å². The first-order valence-electron chi connectivity index (χ1n) is 6.21. The molecule has 20 heavy (non-hydrogen) atoms. The van der Waals surface area contributed by atoms with Crippen LogP contribution in [0.15, 0.2) is 54.7 Å². The smallest absolute Gasteiger partial charge is 0.124 e. The molecule has 0 aliphatic carbocycles. The summed E-state index contributed by atoms with van der Waals surface area (Å²) in [5.74, 6) is -0.245. The Morgan fingerprint density at radius 3 is 2.70 bits per heavy atom. The van der Waals surface area contributed by atoms with Crippen molar-refractivity contribution in [3.63, 3.8) is 0 Å². The van der Waals surface area contributed by atoms with Crippen LogP contribution in [0.5, 0.6) is 0 Å². The standard InChI is InChI=1S/C16H12FIN2/c17-10-6-7-13(14(18)9-10)16(19)12-3-1-5-15-11(12)4-2-8-20-15/h1-9,16H,19H2. The normalized spacial score (nSPS) is 12.6. The molecular weight excluding hydrogens is 366 g/mol. The summed E-state index contributed by atoms with van der Waals surface area (Å²) in [5, 5.41) is 1.03. The lowest BCUT2D eigenvalue weighted by molar-refractivity contribution is 0.625. The van der Waals surface area contributed by atoms with Crippen LogP contribution in [-0.4, -0.2) is 4.98 Å². The summed E-state index contributed by atoms with van der Waals surface area (Å²) in [6.45, 7) is 0. The maximum Gasteiger partial charge on any atom is 0.124 e. The lowest BCUT2D eigenvalue weighted by atomic mass is 9.96. The lowest BCUT2D eigenvalue weighted by Gasteiger charge is -2.16. The van der Waals surface area contributed by atoms with Crippen LogP contribution in [0.1, 0.15) is 17.2 Å². The Bertz CT molecular complexity index is 768. The molecule has 100 valence electrons. The minimum atomic E-state index is -0.296. The van der Waals surface area contributed by atoms with E-state index in [1.165, 1.54) is 12.1 Å². The molecule has 0 fully saturated rings. The van der Waals surface area contributed by atoms with Gasteiger partial charge in [-0.3, -0.25) is 4.98 Å². The summed E-state index contributed by atoms with van der Waals surface area (Å²) < 4.78 is 14.0. The highest BCUT2D eigenvalue weighted by molar-refractivity contribution is 14.1. The number of halogens is 2. The van der Waals surface area contributed by atoms with E-state index in [0.717, 1.165) is 25.6 Å². The van der Waals surface area contributed by atoms with Crippen molar-refractivity contribution in [2.45, 2.75) is 6.04 Å². The fraction of sp³-hybridized carbons (Fsp3) is 0.0625. The van der Waals surface area contributed by atoms with Gasteiger partial charge in [0.05, 0.1) is 11.6 Å². The van der Waals surface area contributed by atoms with E-state index in [9.17, 15) is 4.39 Å². The average Bonchev–Trinajstić information content (AvgIpc) is 2.46. The molecule has 1 atom stereocenters. The van der Waals surface area contributed by atoms with Crippen molar-refractivity contribution in [1.82, 2.24) is 4.98 Å². The van der Waals surface area contributed by atoms with Crippen LogP contribution < -0.4 is 5.73 Å². The van der Waals surface area contributed by atoms with Gasteiger partial charge in [-0.05, 0) is 58.0 Å². The van der Waals surface area contributed by atoms with Crippen molar-refractivity contribution < 1.29 is 4.39 Å². The van der Waals surface area contributed by atoms with Crippen LogP contribution in [-0.2, 0) is 0 Å². The molecule has 0 saturated carbocycles. The van der Waals surface area contributed by atoms with Gasteiger partial charge < -0.3 is 5.73 Å². The minimum absolute atomic E-state index is 0.245. The number of rotatable bonds is 2. The first-order valence-corrected chi connectivity index (χ1v) is 7.29. The maximum absolute atomic E-state index is 13.2.